The number of nitrogens with one attached hydrogen (secondary N) is 1. The zero-order valence-corrected chi connectivity index (χ0v) is 13.9. The number of aliphatic carboxylic acids is 1. The van der Waals surface area contributed by atoms with E-state index in [1.165, 1.54) is 0 Å². The highest BCUT2D eigenvalue weighted by molar-refractivity contribution is 8.00. The van der Waals surface area contributed by atoms with E-state index in [-0.39, 0.29) is 33.8 Å². The SMILES string of the molecule is O=C(O)CN1C(=O)[C@@H]2[C@@H](C1=O)[C@H]1C[C@@H]2C2=Cc3sc(=O)[nH]c3S[C@H]21. The van der Waals surface area contributed by atoms with Gasteiger partial charge in [-0.25, -0.2) is 0 Å². The van der Waals surface area contributed by atoms with E-state index >= 15 is 0 Å². The number of hydrogen-bond donors (Lipinski definition) is 2. The maximum absolute atomic E-state index is 12.6. The first kappa shape index (κ1) is 14.5. The molecular weight excluding hydrogens is 352 g/mol. The van der Waals surface area contributed by atoms with Gasteiger partial charge in [0.2, 0.25) is 11.8 Å². The number of carbonyl (C=O) groups excluding carboxylic acids is 2. The highest BCUT2D eigenvalue weighted by Crippen LogP contribution is 2.64. The number of hydrogen-bond acceptors (Lipinski definition) is 6. The second kappa shape index (κ2) is 4.60. The fourth-order valence-electron chi connectivity index (χ4n) is 4.77. The van der Waals surface area contributed by atoms with Crippen molar-refractivity contribution >= 4 is 47.0 Å². The third kappa shape index (κ3) is 1.68. The first-order valence-electron chi connectivity index (χ1n) is 7.64. The first-order valence-corrected chi connectivity index (χ1v) is 9.33. The Kier molecular flexibility index (Phi) is 2.78. The summed E-state index contributed by atoms with van der Waals surface area (Å²) in [6, 6.07) is 0. The number of fused-ring (bicyclic) bond motifs is 9. The molecule has 124 valence electrons. The normalized spacial score (nSPS) is 35.8. The molecule has 4 aliphatic rings. The summed E-state index contributed by atoms with van der Waals surface area (Å²) in [6.07, 6.45) is 2.79. The predicted molar refractivity (Wildman–Crippen MR) is 85.5 cm³/mol. The number of rotatable bonds is 2. The zero-order valence-electron chi connectivity index (χ0n) is 12.2. The number of amides is 2. The molecule has 5 atom stereocenters. The van der Waals surface area contributed by atoms with Crippen molar-refractivity contribution in [3.05, 3.63) is 20.1 Å². The molecule has 5 rings (SSSR count). The van der Waals surface area contributed by atoms with Crippen LogP contribution < -0.4 is 4.87 Å². The van der Waals surface area contributed by atoms with Crippen LogP contribution in [0.15, 0.2) is 15.4 Å². The number of thiazole rings is 1. The molecular formula is C15H12N2O5S2. The molecule has 7 nitrogen and oxygen atoms in total. The Bertz CT molecular complexity index is 900. The predicted octanol–water partition coefficient (Wildman–Crippen LogP) is 0.630. The maximum atomic E-state index is 12.6. The largest absolute Gasteiger partial charge is 0.480 e. The molecule has 1 aromatic heterocycles. The third-order valence-corrected chi connectivity index (χ3v) is 7.93. The molecule has 2 bridgehead atoms. The van der Waals surface area contributed by atoms with Crippen LogP contribution >= 0.6 is 23.1 Å². The summed E-state index contributed by atoms with van der Waals surface area (Å²) in [5.41, 5.74) is 1.13. The Hall–Kier alpha value is -1.87. The van der Waals surface area contributed by atoms with Gasteiger partial charge in [0, 0.05) is 5.25 Å². The summed E-state index contributed by atoms with van der Waals surface area (Å²) in [7, 11) is 0. The summed E-state index contributed by atoms with van der Waals surface area (Å²) in [6.45, 7) is -0.554. The van der Waals surface area contributed by atoms with Gasteiger partial charge in [0.05, 0.1) is 21.7 Å². The van der Waals surface area contributed by atoms with Gasteiger partial charge in [-0.2, -0.15) is 0 Å². The molecule has 2 aliphatic carbocycles. The molecule has 1 saturated heterocycles. The highest BCUT2D eigenvalue weighted by Gasteiger charge is 2.66. The lowest BCUT2D eigenvalue weighted by atomic mass is 9.77. The molecule has 2 saturated carbocycles. The fraction of sp³-hybridized carbons (Fsp3) is 0.467. The van der Waals surface area contributed by atoms with E-state index in [1.54, 1.807) is 11.8 Å². The monoisotopic (exact) mass is 364 g/mol. The van der Waals surface area contributed by atoms with Crippen LogP contribution in [0.1, 0.15) is 11.3 Å². The lowest BCUT2D eigenvalue weighted by molar-refractivity contribution is -0.149. The summed E-state index contributed by atoms with van der Waals surface area (Å²) in [5, 5.41) is 9.88. The van der Waals surface area contributed by atoms with Gasteiger partial charge in [-0.15, -0.1) is 0 Å². The van der Waals surface area contributed by atoms with E-state index in [4.69, 9.17) is 5.11 Å². The molecule has 0 unspecified atom stereocenters. The van der Waals surface area contributed by atoms with E-state index in [2.05, 4.69) is 4.98 Å². The first-order chi connectivity index (χ1) is 11.5. The van der Waals surface area contributed by atoms with Crippen molar-refractivity contribution in [2.45, 2.75) is 16.7 Å². The average Bonchev–Trinajstić information content (AvgIpc) is 3.21. The Morgan fingerprint density at radius 1 is 1.29 bits per heavy atom. The average molecular weight is 364 g/mol. The van der Waals surface area contributed by atoms with Gasteiger partial charge in [-0.05, 0) is 24.3 Å². The zero-order chi connectivity index (χ0) is 16.7. The molecule has 2 amide bonds. The number of imide groups is 1. The molecule has 1 aromatic rings. The quantitative estimate of drug-likeness (QED) is 0.746. The van der Waals surface area contributed by atoms with Gasteiger partial charge in [0.15, 0.2) is 0 Å². The van der Waals surface area contributed by atoms with Crippen molar-refractivity contribution in [3.63, 3.8) is 0 Å². The van der Waals surface area contributed by atoms with E-state index in [9.17, 15) is 19.2 Å². The number of carboxylic acid groups (broad SMARTS) is 1. The van der Waals surface area contributed by atoms with Crippen LogP contribution in [0, 0.1) is 23.7 Å². The molecule has 9 heteroatoms. The maximum Gasteiger partial charge on any atom is 0.323 e. The second-order valence-corrected chi connectivity index (χ2v) is 8.77. The molecule has 2 aliphatic heterocycles. The fourth-order valence-corrected chi connectivity index (χ4v) is 7.21. The van der Waals surface area contributed by atoms with Crippen LogP contribution in [0.3, 0.4) is 0 Å². The van der Waals surface area contributed by atoms with Gasteiger partial charge in [0.25, 0.3) is 0 Å². The number of nitrogens with zero attached hydrogens (tertiary/aromatic N) is 1. The molecule has 0 aromatic carbocycles. The lowest BCUT2D eigenvalue weighted by Crippen LogP contribution is -2.37. The standard InChI is InChI=1S/C15H12N2O5S2/c18-8(19)3-17-13(20)9-4-1-6(10(9)14(17)21)11-5(4)2-7-12(24-11)16-15(22)23-7/h2,4,6,9-11H,1,3H2,(H,16,22)(H,18,19)/t4-,6-,9+,10+,11-/m1/s1. The summed E-state index contributed by atoms with van der Waals surface area (Å²) >= 11 is 2.72. The Morgan fingerprint density at radius 2 is 2.04 bits per heavy atom. The van der Waals surface area contributed by atoms with Crippen LogP contribution in [0.5, 0.6) is 0 Å². The number of aromatic nitrogens is 1. The Labute approximate surface area is 143 Å². The highest BCUT2D eigenvalue weighted by atomic mass is 32.2. The number of carboxylic acids is 1. The van der Waals surface area contributed by atoms with Gasteiger partial charge in [-0.3, -0.25) is 24.1 Å². The minimum Gasteiger partial charge on any atom is -0.480 e. The van der Waals surface area contributed by atoms with Gasteiger partial charge in [0.1, 0.15) is 6.54 Å². The summed E-state index contributed by atoms with van der Waals surface area (Å²) < 4.78 is 0. The van der Waals surface area contributed by atoms with Crippen LogP contribution in [-0.2, 0) is 14.4 Å². The van der Waals surface area contributed by atoms with E-state index < -0.39 is 24.3 Å². The van der Waals surface area contributed by atoms with Crippen LogP contribution in [-0.4, -0.2) is 44.6 Å². The minimum atomic E-state index is -1.17. The van der Waals surface area contributed by atoms with E-state index in [1.807, 2.05) is 6.08 Å². The molecule has 24 heavy (non-hydrogen) atoms. The summed E-state index contributed by atoms with van der Waals surface area (Å²) in [4.78, 5) is 52.2. The molecule has 3 heterocycles. The lowest BCUT2D eigenvalue weighted by Gasteiger charge is -2.32. The third-order valence-electron chi connectivity index (χ3n) is 5.53. The van der Waals surface area contributed by atoms with Crippen molar-refractivity contribution in [3.8, 4) is 0 Å². The van der Waals surface area contributed by atoms with Crippen molar-refractivity contribution in [1.29, 1.82) is 0 Å². The van der Waals surface area contributed by atoms with E-state index in [0.29, 0.717) is 0 Å². The molecule has 3 fully saturated rings. The number of aromatic amines is 1. The van der Waals surface area contributed by atoms with Crippen molar-refractivity contribution in [1.82, 2.24) is 9.88 Å². The number of likely N-dealkylation sites (tertiary alicyclic amines) is 1. The van der Waals surface area contributed by atoms with Gasteiger partial charge >= 0.3 is 10.8 Å². The molecule has 0 radical (unpaired) electrons. The summed E-state index contributed by atoms with van der Waals surface area (Å²) in [5.74, 6) is -2.69. The minimum absolute atomic E-state index is 0.0157. The van der Waals surface area contributed by atoms with Crippen LogP contribution in [0.4, 0.5) is 0 Å². The van der Waals surface area contributed by atoms with Crippen molar-refractivity contribution in [2.75, 3.05) is 6.54 Å². The van der Waals surface area contributed by atoms with Crippen LogP contribution in [0.25, 0.3) is 6.08 Å². The van der Waals surface area contributed by atoms with Crippen molar-refractivity contribution < 1.29 is 19.5 Å². The van der Waals surface area contributed by atoms with Gasteiger partial charge < -0.3 is 10.1 Å². The van der Waals surface area contributed by atoms with Crippen LogP contribution in [0.2, 0.25) is 0 Å². The number of H-pyrrole nitrogens is 1. The van der Waals surface area contributed by atoms with Gasteiger partial charge in [-0.1, -0.05) is 28.7 Å². The Morgan fingerprint density at radius 3 is 2.79 bits per heavy atom. The number of carbonyl (C=O) groups is 3. The topological polar surface area (TPSA) is 108 Å². The molecule has 2 N–H and O–H groups in total. The smallest absolute Gasteiger partial charge is 0.323 e. The second-order valence-electron chi connectivity index (χ2n) is 6.60. The molecule has 0 spiro atoms. The number of thioether (sulfide) groups is 1. The van der Waals surface area contributed by atoms with Crippen molar-refractivity contribution in [2.24, 2.45) is 23.7 Å². The Balaban J connectivity index is 1.55. The van der Waals surface area contributed by atoms with E-state index in [0.717, 1.165) is 38.1 Å².